The summed E-state index contributed by atoms with van der Waals surface area (Å²) < 4.78 is 17.9. The van der Waals surface area contributed by atoms with Gasteiger partial charge in [-0.05, 0) is 234 Å². The Hall–Kier alpha value is -14.5. The molecule has 0 saturated carbocycles. The Morgan fingerprint density at radius 3 is 1.00 bits per heavy atom. The van der Waals surface area contributed by atoms with E-state index in [-0.39, 0.29) is 11.8 Å². The fourth-order valence-corrected chi connectivity index (χ4v) is 20.9. The Morgan fingerprint density at radius 1 is 0.229 bits per heavy atom. The number of anilines is 11. The molecule has 0 radical (unpaired) electrons. The second-order valence-corrected chi connectivity index (χ2v) is 33.3. The van der Waals surface area contributed by atoms with Crippen molar-refractivity contribution in [3.8, 4) is 0 Å². The van der Waals surface area contributed by atoms with Crippen molar-refractivity contribution in [2.75, 3.05) is 19.6 Å². The molecule has 24 rings (SSSR count). The first-order valence-corrected chi connectivity index (χ1v) is 42.0. The van der Waals surface area contributed by atoms with Gasteiger partial charge < -0.3 is 28.4 Å². The highest BCUT2D eigenvalue weighted by Crippen LogP contribution is 2.55. The first kappa shape index (κ1) is 69.0. The third kappa shape index (κ3) is 11.6. The number of allylic oxidation sites excluding steroid dienone is 4. The third-order valence-electron chi connectivity index (χ3n) is 24.1. The molecule has 558 valence electrons. The predicted octanol–water partition coefficient (Wildman–Crippen LogP) is 32.6. The molecule has 22 aromatic rings. The summed E-state index contributed by atoms with van der Waals surface area (Å²) in [5.74, 6) is 0.265. The van der Waals surface area contributed by atoms with Crippen molar-refractivity contribution in [3.63, 3.8) is 0 Å². The molecule has 8 heteroatoms. The van der Waals surface area contributed by atoms with Gasteiger partial charge in [0.1, 0.15) is 22.3 Å². The van der Waals surface area contributed by atoms with Gasteiger partial charge in [-0.2, -0.15) is 0 Å². The number of hydrogen-bond donors (Lipinski definition) is 0. The average molecular weight is 1550 g/mol. The molecule has 2 aliphatic carbocycles. The molecule has 2 unspecified atom stereocenters. The largest absolute Gasteiger partial charge is 0.456 e. The van der Waals surface area contributed by atoms with Crippen LogP contribution in [-0.2, 0) is 0 Å². The van der Waals surface area contributed by atoms with Crippen LogP contribution in [0.1, 0.15) is 28.2 Å². The van der Waals surface area contributed by atoms with Gasteiger partial charge in [-0.15, -0.1) is 22.7 Å². The van der Waals surface area contributed by atoms with E-state index in [1.54, 1.807) is 0 Å². The maximum Gasteiger partial charge on any atom is 0.135 e. The van der Waals surface area contributed by atoms with Crippen LogP contribution >= 0.6 is 22.7 Å². The summed E-state index contributed by atoms with van der Waals surface area (Å²) >= 11 is 3.73. The van der Waals surface area contributed by atoms with Crippen LogP contribution in [0.4, 0.5) is 62.6 Å². The second kappa shape index (κ2) is 28.2. The van der Waals surface area contributed by atoms with Gasteiger partial charge in [0.25, 0.3) is 0 Å². The van der Waals surface area contributed by atoms with Crippen molar-refractivity contribution in [1.82, 2.24) is 0 Å². The lowest BCUT2D eigenvalue weighted by molar-refractivity contribution is 0.644. The van der Waals surface area contributed by atoms with Crippen molar-refractivity contribution in [1.29, 1.82) is 0 Å². The van der Waals surface area contributed by atoms with E-state index in [2.05, 4.69) is 434 Å². The molecule has 4 aromatic heterocycles. The van der Waals surface area contributed by atoms with Crippen LogP contribution in [-0.4, -0.2) is 0 Å². The molecular weight excluding hydrogens is 1470 g/mol. The van der Waals surface area contributed by atoms with Crippen molar-refractivity contribution < 1.29 is 8.83 Å². The lowest BCUT2D eigenvalue weighted by Gasteiger charge is -2.40. The van der Waals surface area contributed by atoms with Gasteiger partial charge in [0, 0.05) is 141 Å². The molecule has 18 aromatic carbocycles. The monoisotopic (exact) mass is 1550 g/mol. The van der Waals surface area contributed by atoms with Crippen LogP contribution in [0.5, 0.6) is 0 Å². The van der Waals surface area contributed by atoms with E-state index in [1.807, 2.05) is 22.7 Å². The first-order valence-electron chi connectivity index (χ1n) is 40.4. The van der Waals surface area contributed by atoms with E-state index >= 15 is 0 Å². The normalized spacial score (nSPS) is 13.8. The van der Waals surface area contributed by atoms with E-state index in [0.717, 1.165) is 106 Å². The van der Waals surface area contributed by atoms with Crippen LogP contribution in [0.3, 0.4) is 0 Å². The molecule has 118 heavy (non-hydrogen) atoms. The first-order chi connectivity index (χ1) is 58.3. The molecule has 0 saturated heterocycles. The molecule has 0 fully saturated rings. The zero-order valence-corrected chi connectivity index (χ0v) is 66.3. The SMILES string of the molecule is C1=CC2C(N(c3ccccc3)c3ccc4sc5ccccc5c4c3)=Cc3c(cc(N(c4ccccc4)c4ccc5sc6ccccc6c5c4)c4ccccc34)C2C=C1.Cc1ccc2oc3ccc(N(c4ccccc4)c4cc5c6ccccc6c(N(c6ccccc6)c6ccc7oc8ccc(C)cc8c7c6)cc5c5ccccc45)cc3c2c1. The van der Waals surface area contributed by atoms with Crippen molar-refractivity contribution in [2.45, 2.75) is 19.8 Å². The lowest BCUT2D eigenvalue weighted by atomic mass is 9.73. The second-order valence-electron chi connectivity index (χ2n) is 31.1. The van der Waals surface area contributed by atoms with Gasteiger partial charge in [-0.25, -0.2) is 0 Å². The van der Waals surface area contributed by atoms with Gasteiger partial charge in [0.2, 0.25) is 0 Å². The predicted molar refractivity (Wildman–Crippen MR) is 504 cm³/mol. The number of para-hydroxylation sites is 4. The summed E-state index contributed by atoms with van der Waals surface area (Å²) in [5, 5.41) is 19.2. The van der Waals surface area contributed by atoms with Gasteiger partial charge >= 0.3 is 0 Å². The summed E-state index contributed by atoms with van der Waals surface area (Å²) in [6, 6.07) is 135. The molecule has 6 nitrogen and oxygen atoms in total. The minimum Gasteiger partial charge on any atom is -0.456 e. The highest BCUT2D eigenvalue weighted by Gasteiger charge is 2.36. The Labute approximate surface area is 690 Å². The van der Waals surface area contributed by atoms with Crippen LogP contribution < -0.4 is 19.6 Å². The average Bonchev–Trinajstić information content (AvgIpc) is 0.994. The molecule has 2 atom stereocenters. The Kier molecular flexibility index (Phi) is 16.5. The Bertz CT molecular complexity index is 7650. The van der Waals surface area contributed by atoms with E-state index in [4.69, 9.17) is 8.83 Å². The molecular formula is C110H74N4O2S2. The fourth-order valence-electron chi connectivity index (χ4n) is 18.7. The molecule has 0 aliphatic heterocycles. The molecule has 0 spiro atoms. The van der Waals surface area contributed by atoms with Crippen LogP contribution in [0.25, 0.3) is 133 Å². The number of fused-ring (bicyclic) bond motifs is 22. The minimum atomic E-state index is 0.125. The van der Waals surface area contributed by atoms with Crippen molar-refractivity contribution in [2.24, 2.45) is 5.92 Å². The summed E-state index contributed by atoms with van der Waals surface area (Å²) in [7, 11) is 0. The molecule has 4 heterocycles. The summed E-state index contributed by atoms with van der Waals surface area (Å²) in [6.45, 7) is 4.27. The minimum absolute atomic E-state index is 0.125. The fraction of sp³-hybridized carbons (Fsp3) is 0.0364. The number of benzene rings is 18. The zero-order valence-electron chi connectivity index (χ0n) is 64.7. The van der Waals surface area contributed by atoms with Crippen LogP contribution in [0.15, 0.2) is 409 Å². The highest BCUT2D eigenvalue weighted by atomic mass is 32.1. The van der Waals surface area contributed by atoms with Crippen LogP contribution in [0, 0.1) is 19.8 Å². The number of aryl methyl sites for hydroxylation is 2. The Morgan fingerprint density at radius 2 is 0.551 bits per heavy atom. The lowest BCUT2D eigenvalue weighted by Crippen LogP contribution is -2.29. The molecule has 2 aliphatic rings. The van der Waals surface area contributed by atoms with Gasteiger partial charge in [-0.3, -0.25) is 0 Å². The van der Waals surface area contributed by atoms with Crippen LogP contribution in [0.2, 0.25) is 0 Å². The summed E-state index contributed by atoms with van der Waals surface area (Å²) in [4.78, 5) is 9.79. The molecule has 0 amide bonds. The topological polar surface area (TPSA) is 39.2 Å². The van der Waals surface area contributed by atoms with Gasteiger partial charge in [0.15, 0.2) is 0 Å². The quantitative estimate of drug-likeness (QED) is 0.114. The summed E-state index contributed by atoms with van der Waals surface area (Å²) in [6.07, 6.45) is 11.8. The number of nitrogens with zero attached hydrogens (tertiary/aromatic N) is 4. The summed E-state index contributed by atoms with van der Waals surface area (Å²) in [5.41, 5.74) is 22.2. The van der Waals surface area contributed by atoms with E-state index in [9.17, 15) is 0 Å². The zero-order chi connectivity index (χ0) is 78.1. The number of furan rings is 2. The maximum absolute atomic E-state index is 6.34. The van der Waals surface area contributed by atoms with Crippen molar-refractivity contribution in [3.05, 3.63) is 422 Å². The maximum atomic E-state index is 6.34. The van der Waals surface area contributed by atoms with E-state index in [0.29, 0.717) is 0 Å². The number of rotatable bonds is 12. The molecule has 0 bridgehead atoms. The highest BCUT2D eigenvalue weighted by molar-refractivity contribution is 7.26. The molecule has 0 N–H and O–H groups in total. The Balaban J connectivity index is 0.000000138. The van der Waals surface area contributed by atoms with Gasteiger partial charge in [-0.1, -0.05) is 230 Å². The number of thiophene rings is 2. The van der Waals surface area contributed by atoms with E-state index < -0.39 is 0 Å². The third-order valence-corrected chi connectivity index (χ3v) is 26.4. The van der Waals surface area contributed by atoms with Crippen molar-refractivity contribution >= 4 is 219 Å². The number of hydrogen-bond acceptors (Lipinski definition) is 8. The van der Waals surface area contributed by atoms with Gasteiger partial charge in [0.05, 0.1) is 17.1 Å². The smallest absolute Gasteiger partial charge is 0.135 e. The van der Waals surface area contributed by atoms with E-state index in [1.165, 1.54) is 112 Å². The standard InChI is InChI=1S/C56H38N2O2.C54H36N2S2/c1-35-21-25-53-47(29-35)49-31-39(23-27-55(49)59-53)57(37-13-5-3-6-14-37)51-33-45-42-18-10-12-20-44(42)52(34-46(45)41-17-9-11-19-43(41)51)58(38-15-7-4-8-16-38)40-24-28-56-50(32-40)48-30-36(2)22-26-54(48)60-56;1-3-15-35(16-4-1)55(37-27-29-53-47(31-37)43-23-11-13-25-51(43)57-53)49-33-45-40-20-8-10-22-42(40)50(34-46(45)39-19-7-9-21-41(39)49)56(36-17-5-2-6-18-36)38-28-30-54-48(32-38)44-24-12-14-26-52(44)58-54/h3-34H,1-2H3;1-34,39,41H.